The summed E-state index contributed by atoms with van der Waals surface area (Å²) in [4.78, 5) is 12.3. The van der Waals surface area contributed by atoms with Gasteiger partial charge in [-0.3, -0.25) is 5.32 Å². The van der Waals surface area contributed by atoms with E-state index in [1.54, 1.807) is 20.8 Å². The Labute approximate surface area is 172 Å². The molecule has 1 aromatic carbocycles. The number of methoxy groups -OCH3 is 1. The van der Waals surface area contributed by atoms with Crippen molar-refractivity contribution in [3.63, 3.8) is 0 Å². The van der Waals surface area contributed by atoms with Gasteiger partial charge < -0.3 is 28.8 Å². The molecule has 2 N–H and O–H groups in total. The maximum Gasteiger partial charge on any atom is 0.412 e. The first-order valence-electron chi connectivity index (χ1n) is 9.26. The highest BCUT2D eigenvalue weighted by molar-refractivity contribution is 5.84. The van der Waals surface area contributed by atoms with Gasteiger partial charge in [0.1, 0.15) is 24.3 Å². The van der Waals surface area contributed by atoms with E-state index < -0.39 is 47.1 Å². The first kappa shape index (κ1) is 22.6. The zero-order chi connectivity index (χ0) is 22.3. The summed E-state index contributed by atoms with van der Waals surface area (Å²) in [6.07, 6.45) is -3.27. The Bertz CT molecular complexity index is 848. The zero-order valence-corrected chi connectivity index (χ0v) is 17.2. The van der Waals surface area contributed by atoms with Crippen molar-refractivity contribution in [2.75, 3.05) is 25.6 Å². The minimum Gasteiger partial charge on any atom is -0.441 e. The summed E-state index contributed by atoms with van der Waals surface area (Å²) in [5.41, 5.74) is -1.96. The lowest BCUT2D eigenvalue weighted by Crippen LogP contribution is -2.72. The molecule has 10 heteroatoms. The number of nitrogens with one attached hydrogen (secondary N) is 1. The summed E-state index contributed by atoms with van der Waals surface area (Å²) in [5.74, 6) is -4.41. The lowest BCUT2D eigenvalue weighted by molar-refractivity contribution is -0.367. The molecule has 1 aromatic rings. The third-order valence-corrected chi connectivity index (χ3v) is 5.16. The highest BCUT2D eigenvalue weighted by Gasteiger charge is 2.68. The molecule has 0 unspecified atom stereocenters. The molecule has 1 amide bonds. The highest BCUT2D eigenvalue weighted by Crippen LogP contribution is 2.48. The fourth-order valence-electron chi connectivity index (χ4n) is 3.74. The van der Waals surface area contributed by atoms with Crippen LogP contribution in [0.4, 0.5) is 19.3 Å². The van der Waals surface area contributed by atoms with Crippen LogP contribution in [0.5, 0.6) is 0 Å². The second kappa shape index (κ2) is 7.86. The number of carbonyl (C=O) groups excluding carboxylic acids is 1. The second-order valence-corrected chi connectivity index (χ2v) is 7.75. The third kappa shape index (κ3) is 3.81. The Balaban J connectivity index is 1.82. The quantitative estimate of drug-likeness (QED) is 0.711. The van der Waals surface area contributed by atoms with Crippen molar-refractivity contribution in [3.05, 3.63) is 42.0 Å². The van der Waals surface area contributed by atoms with Crippen LogP contribution in [0.2, 0.25) is 0 Å². The van der Waals surface area contributed by atoms with Gasteiger partial charge in [0.15, 0.2) is 17.5 Å². The number of carbonyl (C=O) groups is 1. The van der Waals surface area contributed by atoms with Crippen LogP contribution in [-0.4, -0.2) is 60.9 Å². The van der Waals surface area contributed by atoms with E-state index in [1.807, 2.05) is 0 Å². The van der Waals surface area contributed by atoms with Gasteiger partial charge in [0.2, 0.25) is 5.79 Å². The van der Waals surface area contributed by atoms with Crippen molar-refractivity contribution >= 4 is 11.8 Å². The van der Waals surface area contributed by atoms with E-state index in [0.717, 1.165) is 12.1 Å². The molecule has 2 fully saturated rings. The van der Waals surface area contributed by atoms with Crippen LogP contribution in [-0.2, 0) is 23.7 Å². The minimum absolute atomic E-state index is 0.108. The molecule has 166 valence electrons. The average Bonchev–Trinajstić information content (AvgIpc) is 2.97. The molecule has 3 rings (SSSR count). The van der Waals surface area contributed by atoms with Gasteiger partial charge in [-0.05, 0) is 38.5 Å². The average molecular weight is 429 g/mol. The summed E-state index contributed by atoms with van der Waals surface area (Å²) in [6.45, 7) is 8.41. The van der Waals surface area contributed by atoms with Gasteiger partial charge in [0, 0.05) is 13.2 Å². The monoisotopic (exact) mass is 429 g/mol. The lowest BCUT2D eigenvalue weighted by Gasteiger charge is -2.52. The number of hydrogen-bond acceptors (Lipinski definition) is 7. The smallest absolute Gasteiger partial charge is 0.412 e. The molecule has 0 bridgehead atoms. The number of aliphatic hydroxyl groups is 1. The Morgan fingerprint density at radius 2 is 2.03 bits per heavy atom. The second-order valence-electron chi connectivity index (χ2n) is 7.75. The van der Waals surface area contributed by atoms with Gasteiger partial charge in [0.05, 0.1) is 12.3 Å². The number of halogens is 2. The highest BCUT2D eigenvalue weighted by atomic mass is 19.1. The van der Waals surface area contributed by atoms with Crippen LogP contribution in [0.15, 0.2) is 30.4 Å². The van der Waals surface area contributed by atoms with Crippen molar-refractivity contribution in [2.24, 2.45) is 0 Å². The fourth-order valence-corrected chi connectivity index (χ4v) is 3.74. The molecule has 8 nitrogen and oxygen atoms in total. The maximum absolute atomic E-state index is 13.8. The molecule has 4 atom stereocenters. The molecule has 0 radical (unpaired) electrons. The molecule has 0 aromatic heterocycles. The van der Waals surface area contributed by atoms with Crippen LogP contribution in [0.3, 0.4) is 0 Å². The third-order valence-electron chi connectivity index (χ3n) is 5.16. The van der Waals surface area contributed by atoms with Gasteiger partial charge in [-0.1, -0.05) is 6.58 Å². The molecular formula is C20H25F2NO7. The van der Waals surface area contributed by atoms with Crippen LogP contribution < -0.4 is 5.32 Å². The normalized spacial score (nSPS) is 32.8. The number of anilines is 1. The molecule has 1 spiro atoms. The predicted octanol–water partition coefficient (Wildman–Crippen LogP) is 2.71. The van der Waals surface area contributed by atoms with Gasteiger partial charge >= 0.3 is 6.09 Å². The van der Waals surface area contributed by atoms with Crippen LogP contribution in [0.1, 0.15) is 20.8 Å². The van der Waals surface area contributed by atoms with Crippen LogP contribution in [0.25, 0.3) is 0 Å². The van der Waals surface area contributed by atoms with Crippen molar-refractivity contribution in [2.45, 2.75) is 50.2 Å². The van der Waals surface area contributed by atoms with Gasteiger partial charge in [0.25, 0.3) is 0 Å². The molecular weight excluding hydrogens is 404 g/mol. The van der Waals surface area contributed by atoms with Crippen molar-refractivity contribution in [1.82, 2.24) is 0 Å². The van der Waals surface area contributed by atoms with E-state index >= 15 is 0 Å². The molecule has 2 saturated heterocycles. The van der Waals surface area contributed by atoms with Gasteiger partial charge in [-0.2, -0.15) is 0 Å². The molecule has 0 saturated carbocycles. The summed E-state index contributed by atoms with van der Waals surface area (Å²) in [6, 6.07) is 2.67. The number of amides is 1. The molecule has 0 aliphatic carbocycles. The Morgan fingerprint density at radius 3 is 2.57 bits per heavy atom. The first-order valence-corrected chi connectivity index (χ1v) is 9.26. The van der Waals surface area contributed by atoms with Gasteiger partial charge in [-0.25, -0.2) is 13.6 Å². The summed E-state index contributed by atoms with van der Waals surface area (Å²) in [7, 11) is 1.33. The molecule has 2 aliphatic heterocycles. The Kier molecular flexibility index (Phi) is 5.91. The van der Waals surface area contributed by atoms with Crippen molar-refractivity contribution in [1.29, 1.82) is 0 Å². The van der Waals surface area contributed by atoms with E-state index in [1.165, 1.54) is 7.11 Å². The van der Waals surface area contributed by atoms with Crippen molar-refractivity contribution < 1.29 is 42.4 Å². The number of hydrogen-bond donors (Lipinski definition) is 2. The van der Waals surface area contributed by atoms with E-state index in [-0.39, 0.29) is 24.5 Å². The fraction of sp³-hybridized carbons (Fsp3) is 0.550. The standard InChI is InChI=1S/C20H25F2NO7/c1-11(2)20(25)16(26-5)15(9-27-19(20)10-28-18(3,4)30-19)29-17(24)23-14-7-6-12(21)8-13(14)22/h6-8,15-16,25H,1,9-10H2,2-5H3,(H,23,24)/t15-,16-,19+,20-/m1/s1. The van der Waals surface area contributed by atoms with E-state index in [4.69, 9.17) is 23.7 Å². The maximum atomic E-state index is 13.8. The molecule has 2 heterocycles. The largest absolute Gasteiger partial charge is 0.441 e. The topological polar surface area (TPSA) is 95.5 Å². The SMILES string of the molecule is C=C(C)[C@@]1(O)[C@H](OC)[C@H](OC(=O)Nc2ccc(F)cc2F)CO[C@]12COC(C)(C)O2. The van der Waals surface area contributed by atoms with E-state index in [0.29, 0.717) is 6.07 Å². The van der Waals surface area contributed by atoms with E-state index in [2.05, 4.69) is 11.9 Å². The van der Waals surface area contributed by atoms with E-state index in [9.17, 15) is 18.7 Å². The van der Waals surface area contributed by atoms with Crippen LogP contribution in [0, 0.1) is 11.6 Å². The Morgan fingerprint density at radius 1 is 1.33 bits per heavy atom. The number of rotatable bonds is 4. The minimum atomic E-state index is -1.93. The summed E-state index contributed by atoms with van der Waals surface area (Å²) < 4.78 is 54.9. The first-order chi connectivity index (χ1) is 13.9. The predicted molar refractivity (Wildman–Crippen MR) is 101 cm³/mol. The summed E-state index contributed by atoms with van der Waals surface area (Å²) in [5, 5.41) is 13.8. The molecule has 30 heavy (non-hydrogen) atoms. The zero-order valence-electron chi connectivity index (χ0n) is 17.2. The van der Waals surface area contributed by atoms with Crippen LogP contribution >= 0.6 is 0 Å². The van der Waals surface area contributed by atoms with Gasteiger partial charge in [-0.15, -0.1) is 0 Å². The Hall–Kier alpha value is -2.11. The van der Waals surface area contributed by atoms with Crippen molar-refractivity contribution in [3.8, 4) is 0 Å². The lowest BCUT2D eigenvalue weighted by atomic mass is 9.77. The molecule has 2 aliphatic rings. The number of ether oxygens (including phenoxy) is 5. The number of benzene rings is 1. The summed E-state index contributed by atoms with van der Waals surface area (Å²) >= 11 is 0.